The molecule has 2 saturated heterocycles. The Morgan fingerprint density at radius 1 is 1.33 bits per heavy atom. The normalized spacial score (nSPS) is 40.8. The fourth-order valence-corrected chi connectivity index (χ4v) is 2.78. The average molecular weight is 215 g/mol. The van der Waals surface area contributed by atoms with Gasteiger partial charge in [0.25, 0.3) is 0 Å². The van der Waals surface area contributed by atoms with Crippen molar-refractivity contribution in [2.45, 2.75) is 51.2 Å². The number of ether oxygens (including phenoxy) is 1. The van der Waals surface area contributed by atoms with E-state index in [1.807, 2.05) is 0 Å². The van der Waals surface area contributed by atoms with Crippen molar-refractivity contribution in [1.82, 2.24) is 4.90 Å². The van der Waals surface area contributed by atoms with Crippen LogP contribution in [0.15, 0.2) is 0 Å². The third kappa shape index (κ3) is 1.69. The lowest BCUT2D eigenvalue weighted by Gasteiger charge is -2.39. The lowest BCUT2D eigenvalue weighted by Crippen LogP contribution is -2.56. The minimum absolute atomic E-state index is 0.0270. The van der Waals surface area contributed by atoms with E-state index in [9.17, 15) is 10.2 Å². The summed E-state index contributed by atoms with van der Waals surface area (Å²) in [6.07, 6.45) is -0.0424. The highest BCUT2D eigenvalue weighted by Gasteiger charge is 2.58. The Balaban J connectivity index is 2.29. The van der Waals surface area contributed by atoms with E-state index in [1.165, 1.54) is 0 Å². The van der Waals surface area contributed by atoms with Crippen LogP contribution in [-0.2, 0) is 4.74 Å². The lowest BCUT2D eigenvalue weighted by atomic mass is 9.98. The smallest absolute Gasteiger partial charge is 0.205 e. The molecule has 4 nitrogen and oxygen atoms in total. The van der Waals surface area contributed by atoms with Crippen LogP contribution in [0.3, 0.4) is 0 Å². The predicted molar refractivity (Wildman–Crippen MR) is 56.3 cm³/mol. The van der Waals surface area contributed by atoms with Crippen molar-refractivity contribution in [3.8, 4) is 0 Å². The minimum atomic E-state index is -1.69. The van der Waals surface area contributed by atoms with Crippen LogP contribution in [0.5, 0.6) is 0 Å². The summed E-state index contributed by atoms with van der Waals surface area (Å²) in [4.78, 5) is 2.15. The molecule has 2 aliphatic rings. The van der Waals surface area contributed by atoms with E-state index in [1.54, 1.807) is 0 Å². The molecule has 15 heavy (non-hydrogen) atoms. The van der Waals surface area contributed by atoms with Crippen LogP contribution >= 0.6 is 0 Å². The van der Waals surface area contributed by atoms with Gasteiger partial charge in [-0.2, -0.15) is 0 Å². The van der Waals surface area contributed by atoms with Crippen LogP contribution in [0.1, 0.15) is 27.7 Å². The van der Waals surface area contributed by atoms with Crippen molar-refractivity contribution in [1.29, 1.82) is 0 Å². The van der Waals surface area contributed by atoms with Gasteiger partial charge in [-0.1, -0.05) is 6.92 Å². The second-order valence-electron chi connectivity index (χ2n) is 5.90. The zero-order valence-electron chi connectivity index (χ0n) is 9.90. The first-order chi connectivity index (χ1) is 6.73. The van der Waals surface area contributed by atoms with Crippen LogP contribution in [0.25, 0.3) is 0 Å². The van der Waals surface area contributed by atoms with Crippen LogP contribution in [0.2, 0.25) is 0 Å². The van der Waals surface area contributed by atoms with Crippen molar-refractivity contribution in [2.75, 3.05) is 13.2 Å². The molecule has 4 heteroatoms. The highest BCUT2D eigenvalue weighted by atomic mass is 16.6. The molecule has 2 heterocycles. The van der Waals surface area contributed by atoms with Gasteiger partial charge in [-0.3, -0.25) is 4.90 Å². The van der Waals surface area contributed by atoms with Gasteiger partial charge in [0.05, 0.1) is 12.1 Å². The third-order valence-electron chi connectivity index (χ3n) is 3.52. The molecule has 0 aliphatic carbocycles. The van der Waals surface area contributed by atoms with Gasteiger partial charge >= 0.3 is 0 Å². The van der Waals surface area contributed by atoms with Crippen LogP contribution in [-0.4, -0.2) is 51.7 Å². The van der Waals surface area contributed by atoms with Gasteiger partial charge in [0.2, 0.25) is 5.79 Å². The Labute approximate surface area is 90.8 Å². The van der Waals surface area contributed by atoms with Crippen LogP contribution in [0.4, 0.5) is 0 Å². The number of fused-ring (bicyclic) bond motifs is 1. The summed E-state index contributed by atoms with van der Waals surface area (Å²) in [7, 11) is 0. The van der Waals surface area contributed by atoms with Crippen LogP contribution < -0.4 is 0 Å². The quantitative estimate of drug-likeness (QED) is 0.566. The molecular formula is C11H21NO3. The highest BCUT2D eigenvalue weighted by molar-refractivity contribution is 5.06. The van der Waals surface area contributed by atoms with Crippen LogP contribution in [0, 0.1) is 5.92 Å². The maximum atomic E-state index is 9.91. The van der Waals surface area contributed by atoms with E-state index in [0.717, 1.165) is 6.54 Å². The topological polar surface area (TPSA) is 52.9 Å². The molecule has 0 radical (unpaired) electrons. The van der Waals surface area contributed by atoms with E-state index in [4.69, 9.17) is 4.74 Å². The molecular weight excluding hydrogens is 194 g/mol. The summed E-state index contributed by atoms with van der Waals surface area (Å²) in [5.74, 6) is -1.33. The molecule has 3 atom stereocenters. The number of hydrogen-bond donors (Lipinski definition) is 2. The van der Waals surface area contributed by atoms with Crippen molar-refractivity contribution in [2.24, 2.45) is 5.92 Å². The molecule has 88 valence electrons. The van der Waals surface area contributed by atoms with E-state index in [-0.39, 0.29) is 24.3 Å². The molecule has 2 fully saturated rings. The maximum absolute atomic E-state index is 9.91. The number of hydrogen-bond acceptors (Lipinski definition) is 4. The van der Waals surface area contributed by atoms with Gasteiger partial charge in [-0.15, -0.1) is 0 Å². The molecule has 2 N–H and O–H groups in total. The first kappa shape index (κ1) is 11.3. The van der Waals surface area contributed by atoms with E-state index in [0.29, 0.717) is 5.92 Å². The Kier molecular flexibility index (Phi) is 2.39. The van der Waals surface area contributed by atoms with Gasteiger partial charge in [-0.05, 0) is 26.7 Å². The van der Waals surface area contributed by atoms with Gasteiger partial charge in [-0.25, -0.2) is 0 Å². The van der Waals surface area contributed by atoms with Crippen molar-refractivity contribution >= 4 is 0 Å². The Bertz CT molecular complexity index is 259. The van der Waals surface area contributed by atoms with Crippen molar-refractivity contribution in [3.63, 3.8) is 0 Å². The molecule has 2 aliphatic heterocycles. The van der Waals surface area contributed by atoms with E-state index < -0.39 is 5.79 Å². The summed E-state index contributed by atoms with van der Waals surface area (Å²) in [5.41, 5.74) is -0.0575. The molecule has 0 aromatic rings. The lowest BCUT2D eigenvalue weighted by molar-refractivity contribution is -0.194. The zero-order valence-corrected chi connectivity index (χ0v) is 9.90. The summed E-state index contributed by atoms with van der Waals surface area (Å²) in [6, 6.07) is -0.285. The fraction of sp³-hybridized carbons (Fsp3) is 1.00. The average Bonchev–Trinajstić information content (AvgIpc) is 2.52. The molecule has 0 unspecified atom stereocenters. The number of likely N-dealkylation sites (tertiary alicyclic amines) is 1. The maximum Gasteiger partial charge on any atom is 0.205 e. The van der Waals surface area contributed by atoms with Crippen molar-refractivity contribution in [3.05, 3.63) is 0 Å². The van der Waals surface area contributed by atoms with E-state index >= 15 is 0 Å². The predicted octanol–water partition coefficient (Wildman–Crippen LogP) is 0.185. The van der Waals surface area contributed by atoms with Gasteiger partial charge in [0.1, 0.15) is 6.61 Å². The Morgan fingerprint density at radius 3 is 2.47 bits per heavy atom. The second kappa shape index (κ2) is 3.17. The molecule has 0 spiro atoms. The standard InChI is InChI=1S/C11H21NO3/c1-7-5-12(10(2,3)4)9-8(7)15-6-11(9,13)14/h7-9,13-14H,5-6H2,1-4H3/t7-,8+,9-/m0/s1. The molecule has 0 aromatic heterocycles. The first-order valence-electron chi connectivity index (χ1n) is 5.56. The molecule has 0 aromatic carbocycles. The second-order valence-corrected chi connectivity index (χ2v) is 5.90. The van der Waals surface area contributed by atoms with E-state index in [2.05, 4.69) is 32.6 Å². The molecule has 0 bridgehead atoms. The van der Waals surface area contributed by atoms with Gasteiger partial charge in [0.15, 0.2) is 0 Å². The number of rotatable bonds is 0. The van der Waals surface area contributed by atoms with Gasteiger partial charge < -0.3 is 14.9 Å². The zero-order chi connectivity index (χ0) is 11.4. The summed E-state index contributed by atoms with van der Waals surface area (Å²) in [6.45, 7) is 9.27. The monoisotopic (exact) mass is 215 g/mol. The van der Waals surface area contributed by atoms with Gasteiger partial charge in [0, 0.05) is 12.1 Å². The summed E-state index contributed by atoms with van der Waals surface area (Å²) < 4.78 is 5.49. The Hall–Kier alpha value is -0.160. The molecule has 2 rings (SSSR count). The molecule has 0 amide bonds. The Morgan fingerprint density at radius 2 is 1.93 bits per heavy atom. The first-order valence-corrected chi connectivity index (χ1v) is 5.56. The summed E-state index contributed by atoms with van der Waals surface area (Å²) >= 11 is 0. The number of aliphatic hydroxyl groups is 2. The minimum Gasteiger partial charge on any atom is -0.370 e. The third-order valence-corrected chi connectivity index (χ3v) is 3.52. The highest BCUT2D eigenvalue weighted by Crippen LogP contribution is 2.41. The number of nitrogens with zero attached hydrogens (tertiary/aromatic N) is 1. The SMILES string of the molecule is C[C@H]1CN(C(C)(C)C)[C@H]2[C@@H]1OCC2(O)O. The summed E-state index contributed by atoms with van der Waals surface area (Å²) in [5, 5.41) is 19.8. The largest absolute Gasteiger partial charge is 0.370 e. The molecule has 0 saturated carbocycles. The van der Waals surface area contributed by atoms with Crippen molar-refractivity contribution < 1.29 is 14.9 Å². The fourth-order valence-electron chi connectivity index (χ4n) is 2.78.